The molecule has 0 saturated carbocycles. The van der Waals surface area contributed by atoms with Crippen LogP contribution in [0.1, 0.15) is 5.56 Å². The minimum absolute atomic E-state index is 0.0706. The third-order valence-electron chi connectivity index (χ3n) is 2.83. The Labute approximate surface area is 129 Å². The number of hydrogen-bond acceptors (Lipinski definition) is 5. The molecular weight excluding hydrogens is 317 g/mol. The molecule has 0 fully saturated rings. The number of benzene rings is 2. The molecule has 0 amide bonds. The van der Waals surface area contributed by atoms with E-state index in [2.05, 4.69) is 10.5 Å². The van der Waals surface area contributed by atoms with Crippen molar-refractivity contribution >= 4 is 40.4 Å². The molecule has 0 aromatic heterocycles. The van der Waals surface area contributed by atoms with Gasteiger partial charge in [-0.25, -0.2) is 10.5 Å². The standard InChI is InChI=1S/C13H7Cl2N3O3/c14-7-1-3-9(10(15)5-7)13-16-11-4-2-8(18(19)20)6-12(11)21-17-13/h1-6H,(H,16,17). The zero-order valence-electron chi connectivity index (χ0n) is 10.3. The number of fused-ring (bicyclic) bond motifs is 1. The molecule has 6 nitrogen and oxygen atoms in total. The van der Waals surface area contributed by atoms with Crippen molar-refractivity contribution in [2.24, 2.45) is 4.99 Å². The summed E-state index contributed by atoms with van der Waals surface area (Å²) in [5.74, 6) is 0.677. The zero-order chi connectivity index (χ0) is 15.0. The van der Waals surface area contributed by atoms with E-state index in [1.165, 1.54) is 18.2 Å². The van der Waals surface area contributed by atoms with Crippen molar-refractivity contribution in [3.05, 3.63) is 62.1 Å². The summed E-state index contributed by atoms with van der Waals surface area (Å²) in [5, 5.41) is 11.6. The van der Waals surface area contributed by atoms with Crippen LogP contribution in [0.25, 0.3) is 0 Å². The van der Waals surface area contributed by atoms with Crippen molar-refractivity contribution in [3.63, 3.8) is 0 Å². The minimum atomic E-state index is -0.501. The van der Waals surface area contributed by atoms with Gasteiger partial charge in [-0.15, -0.1) is 0 Å². The second-order valence-electron chi connectivity index (χ2n) is 4.20. The lowest BCUT2D eigenvalue weighted by atomic mass is 10.2. The third kappa shape index (κ3) is 2.63. The molecule has 1 N–H and O–H groups in total. The maximum absolute atomic E-state index is 10.7. The van der Waals surface area contributed by atoms with Crippen LogP contribution in [0.4, 0.5) is 11.4 Å². The first-order valence-electron chi connectivity index (χ1n) is 5.80. The van der Waals surface area contributed by atoms with Gasteiger partial charge in [0.25, 0.3) is 5.69 Å². The summed E-state index contributed by atoms with van der Waals surface area (Å²) in [4.78, 5) is 19.8. The SMILES string of the molecule is O=[N+]([O-])c1ccc2c(c1)ONC(c1ccc(Cl)cc1Cl)=N2. The number of non-ortho nitro benzene ring substituents is 1. The molecule has 0 unspecified atom stereocenters. The topological polar surface area (TPSA) is 76.8 Å². The first-order chi connectivity index (χ1) is 10.0. The average molecular weight is 324 g/mol. The van der Waals surface area contributed by atoms with Gasteiger partial charge >= 0.3 is 0 Å². The molecule has 0 bridgehead atoms. The molecule has 0 saturated heterocycles. The summed E-state index contributed by atoms with van der Waals surface area (Å²) >= 11 is 12.0. The van der Waals surface area contributed by atoms with Crippen LogP contribution in [-0.2, 0) is 0 Å². The van der Waals surface area contributed by atoms with Crippen molar-refractivity contribution in [2.75, 3.05) is 0 Å². The number of nitrogens with zero attached hydrogens (tertiary/aromatic N) is 2. The second-order valence-corrected chi connectivity index (χ2v) is 5.04. The number of rotatable bonds is 2. The van der Waals surface area contributed by atoms with Crippen molar-refractivity contribution < 1.29 is 9.76 Å². The highest BCUT2D eigenvalue weighted by atomic mass is 35.5. The minimum Gasteiger partial charge on any atom is -0.378 e. The number of hydrogen-bond donors (Lipinski definition) is 1. The van der Waals surface area contributed by atoms with Gasteiger partial charge in [0.2, 0.25) is 0 Å². The fourth-order valence-electron chi connectivity index (χ4n) is 1.83. The van der Waals surface area contributed by atoms with Gasteiger partial charge in [0, 0.05) is 16.7 Å². The van der Waals surface area contributed by atoms with Gasteiger partial charge in [-0.1, -0.05) is 23.2 Å². The van der Waals surface area contributed by atoms with Gasteiger partial charge in [-0.05, 0) is 24.3 Å². The van der Waals surface area contributed by atoms with Crippen LogP contribution in [0.5, 0.6) is 5.75 Å². The molecule has 0 spiro atoms. The number of nitro groups is 1. The van der Waals surface area contributed by atoms with Crippen LogP contribution in [0.15, 0.2) is 41.4 Å². The van der Waals surface area contributed by atoms with Crippen molar-refractivity contribution in [2.45, 2.75) is 0 Å². The summed E-state index contributed by atoms with van der Waals surface area (Å²) in [6.45, 7) is 0. The Bertz CT molecular complexity index is 777. The highest BCUT2D eigenvalue weighted by Gasteiger charge is 2.19. The van der Waals surface area contributed by atoms with Crippen molar-refractivity contribution in [3.8, 4) is 5.75 Å². The molecule has 1 aliphatic heterocycles. The summed E-state index contributed by atoms with van der Waals surface area (Å²) in [7, 11) is 0. The summed E-state index contributed by atoms with van der Waals surface area (Å²) < 4.78 is 0. The molecule has 2 aromatic carbocycles. The van der Waals surface area contributed by atoms with E-state index in [0.29, 0.717) is 27.1 Å². The van der Waals surface area contributed by atoms with E-state index in [1.54, 1.807) is 18.2 Å². The van der Waals surface area contributed by atoms with Crippen molar-refractivity contribution in [1.82, 2.24) is 5.48 Å². The monoisotopic (exact) mass is 323 g/mol. The van der Waals surface area contributed by atoms with Crippen molar-refractivity contribution in [1.29, 1.82) is 0 Å². The van der Waals surface area contributed by atoms with Gasteiger partial charge in [0.15, 0.2) is 11.6 Å². The van der Waals surface area contributed by atoms with Gasteiger partial charge in [0.05, 0.1) is 16.0 Å². The molecule has 1 aliphatic rings. The van der Waals surface area contributed by atoms with E-state index in [4.69, 9.17) is 28.0 Å². The Kier molecular flexibility index (Phi) is 3.40. The maximum Gasteiger partial charge on any atom is 0.273 e. The van der Waals surface area contributed by atoms with E-state index in [9.17, 15) is 10.1 Å². The first-order valence-corrected chi connectivity index (χ1v) is 6.55. The van der Waals surface area contributed by atoms with Crippen LogP contribution in [0.2, 0.25) is 10.0 Å². The number of amidine groups is 1. The van der Waals surface area contributed by atoms with Crippen LogP contribution in [0, 0.1) is 10.1 Å². The molecule has 0 aliphatic carbocycles. The summed E-state index contributed by atoms with van der Waals surface area (Å²) in [6, 6.07) is 9.14. The van der Waals surface area contributed by atoms with Crippen LogP contribution in [0.3, 0.4) is 0 Å². The predicted molar refractivity (Wildman–Crippen MR) is 79.5 cm³/mol. The molecule has 2 aromatic rings. The molecule has 3 rings (SSSR count). The number of nitrogens with one attached hydrogen (secondary N) is 1. The van der Waals surface area contributed by atoms with Crippen LogP contribution >= 0.6 is 23.2 Å². The molecular formula is C13H7Cl2N3O3. The number of nitro benzene ring substituents is 1. The zero-order valence-corrected chi connectivity index (χ0v) is 11.9. The van der Waals surface area contributed by atoms with E-state index in [-0.39, 0.29) is 11.4 Å². The number of aliphatic imine (C=N–C) groups is 1. The van der Waals surface area contributed by atoms with E-state index in [0.717, 1.165) is 0 Å². The molecule has 8 heteroatoms. The molecule has 0 radical (unpaired) electrons. The van der Waals surface area contributed by atoms with Gasteiger partial charge in [-0.2, -0.15) is 0 Å². The lowest BCUT2D eigenvalue weighted by Crippen LogP contribution is -2.30. The Morgan fingerprint density at radius 2 is 2.00 bits per heavy atom. The number of halogens is 2. The fourth-order valence-corrected chi connectivity index (χ4v) is 2.33. The van der Waals surface area contributed by atoms with E-state index < -0.39 is 4.92 Å². The highest BCUT2D eigenvalue weighted by molar-refractivity contribution is 6.37. The Morgan fingerprint density at radius 3 is 2.71 bits per heavy atom. The quantitative estimate of drug-likeness (QED) is 0.672. The van der Waals surface area contributed by atoms with Crippen LogP contribution < -0.4 is 10.3 Å². The Morgan fingerprint density at radius 1 is 1.19 bits per heavy atom. The molecule has 21 heavy (non-hydrogen) atoms. The maximum atomic E-state index is 10.7. The Hall–Kier alpha value is -2.31. The fraction of sp³-hybridized carbons (Fsp3) is 0. The molecule has 0 atom stereocenters. The normalized spacial score (nSPS) is 12.8. The first kappa shape index (κ1) is 13.7. The predicted octanol–water partition coefficient (Wildman–Crippen LogP) is 3.88. The Balaban J connectivity index is 2.02. The molecule has 106 valence electrons. The third-order valence-corrected chi connectivity index (χ3v) is 3.38. The smallest absolute Gasteiger partial charge is 0.273 e. The van der Waals surface area contributed by atoms with Gasteiger partial charge in [-0.3, -0.25) is 10.1 Å². The largest absolute Gasteiger partial charge is 0.378 e. The molecule has 1 heterocycles. The van der Waals surface area contributed by atoms with E-state index >= 15 is 0 Å². The highest BCUT2D eigenvalue weighted by Crippen LogP contribution is 2.34. The van der Waals surface area contributed by atoms with E-state index in [1.807, 2.05) is 0 Å². The van der Waals surface area contributed by atoms with Crippen LogP contribution in [-0.4, -0.2) is 10.8 Å². The number of hydroxylamine groups is 1. The summed E-state index contributed by atoms with van der Waals surface area (Å²) in [6.07, 6.45) is 0. The lowest BCUT2D eigenvalue weighted by Gasteiger charge is -2.18. The van der Waals surface area contributed by atoms with Gasteiger partial charge in [0.1, 0.15) is 5.69 Å². The van der Waals surface area contributed by atoms with Gasteiger partial charge < -0.3 is 4.84 Å². The average Bonchev–Trinajstić information content (AvgIpc) is 2.46. The summed E-state index contributed by atoms with van der Waals surface area (Å²) in [5.41, 5.74) is 3.64. The second kappa shape index (κ2) is 5.23. The lowest BCUT2D eigenvalue weighted by molar-refractivity contribution is -0.384.